The van der Waals surface area contributed by atoms with E-state index in [0.717, 1.165) is 0 Å². The molecule has 0 fully saturated rings. The zero-order valence-electron chi connectivity index (χ0n) is 15.5. The summed E-state index contributed by atoms with van der Waals surface area (Å²) in [6.07, 6.45) is -0.757. The van der Waals surface area contributed by atoms with Gasteiger partial charge in [-0.2, -0.15) is 15.0 Å². The van der Waals surface area contributed by atoms with Gasteiger partial charge in [0.1, 0.15) is 0 Å². The molecule has 0 spiro atoms. The third-order valence-electron chi connectivity index (χ3n) is 3.73. The Labute approximate surface area is 183 Å². The van der Waals surface area contributed by atoms with Crippen molar-refractivity contribution in [2.45, 2.75) is 11.0 Å². The summed E-state index contributed by atoms with van der Waals surface area (Å²) in [7, 11) is -4.00. The molecule has 9 nitrogen and oxygen atoms in total. The van der Waals surface area contributed by atoms with Gasteiger partial charge < -0.3 is 15.7 Å². The zero-order valence-corrected chi connectivity index (χ0v) is 17.8. The molecule has 30 heavy (non-hydrogen) atoms. The lowest BCUT2D eigenvalue weighted by Crippen LogP contribution is -2.21. The highest BCUT2D eigenvalue weighted by atomic mass is 35.5. The number of hydrogen-bond acceptors (Lipinski definition) is 8. The van der Waals surface area contributed by atoms with Crippen LogP contribution in [0.15, 0.2) is 59.5 Å². The molecule has 0 saturated carbocycles. The molecular formula is C18H18Cl2N6O3S. The summed E-state index contributed by atoms with van der Waals surface area (Å²) in [5.41, 5.74) is 1.20. The molecule has 12 heteroatoms. The molecule has 4 N–H and O–H groups in total. The number of nitrogens with one attached hydrogen (secondary N) is 3. The van der Waals surface area contributed by atoms with Crippen molar-refractivity contribution in [3.63, 3.8) is 0 Å². The average molecular weight is 469 g/mol. The number of aliphatic hydroxyl groups is 1. The van der Waals surface area contributed by atoms with E-state index >= 15 is 0 Å². The summed E-state index contributed by atoms with van der Waals surface area (Å²) in [4.78, 5) is 11.8. The number of rotatable bonds is 9. The van der Waals surface area contributed by atoms with Crippen LogP contribution in [-0.4, -0.2) is 47.0 Å². The van der Waals surface area contributed by atoms with E-state index in [-0.39, 0.29) is 34.5 Å². The normalized spacial score (nSPS) is 12.2. The van der Waals surface area contributed by atoms with Gasteiger partial charge in [0.2, 0.25) is 17.2 Å². The molecule has 0 radical (unpaired) electrons. The van der Waals surface area contributed by atoms with Crippen LogP contribution >= 0.6 is 23.2 Å². The molecule has 3 aromatic rings. The van der Waals surface area contributed by atoms with E-state index in [1.807, 2.05) is 18.2 Å². The van der Waals surface area contributed by atoms with Gasteiger partial charge in [0.05, 0.1) is 16.9 Å². The van der Waals surface area contributed by atoms with Crippen molar-refractivity contribution < 1.29 is 13.5 Å². The number of anilines is 4. The maximum Gasteiger partial charge on any atom is 0.264 e. The van der Waals surface area contributed by atoms with Gasteiger partial charge in [0.25, 0.3) is 10.0 Å². The van der Waals surface area contributed by atoms with Crippen molar-refractivity contribution in [1.82, 2.24) is 15.0 Å². The number of para-hydroxylation sites is 1. The molecule has 158 valence electrons. The first kappa shape index (κ1) is 22.0. The number of alkyl halides is 1. The van der Waals surface area contributed by atoms with E-state index < -0.39 is 16.1 Å². The lowest BCUT2D eigenvalue weighted by Gasteiger charge is -2.12. The highest BCUT2D eigenvalue weighted by Gasteiger charge is 2.18. The number of aromatic nitrogens is 3. The first-order valence-electron chi connectivity index (χ1n) is 8.70. The van der Waals surface area contributed by atoms with Crippen LogP contribution in [0.3, 0.4) is 0 Å². The van der Waals surface area contributed by atoms with E-state index in [9.17, 15) is 13.5 Å². The van der Waals surface area contributed by atoms with Gasteiger partial charge >= 0.3 is 0 Å². The van der Waals surface area contributed by atoms with Crippen molar-refractivity contribution >= 4 is 56.5 Å². The number of benzene rings is 2. The van der Waals surface area contributed by atoms with Gasteiger partial charge in [-0.1, -0.05) is 24.3 Å². The van der Waals surface area contributed by atoms with Crippen molar-refractivity contribution in [2.24, 2.45) is 0 Å². The van der Waals surface area contributed by atoms with Crippen LogP contribution in [0.5, 0.6) is 0 Å². The fourth-order valence-electron chi connectivity index (χ4n) is 2.34. The molecule has 1 atom stereocenters. The maximum absolute atomic E-state index is 12.8. The van der Waals surface area contributed by atoms with Crippen molar-refractivity contribution in [3.05, 3.63) is 59.9 Å². The van der Waals surface area contributed by atoms with Crippen LogP contribution in [0.2, 0.25) is 5.28 Å². The second-order valence-corrected chi connectivity index (χ2v) is 8.39. The number of hydrogen-bond donors (Lipinski definition) is 4. The Balaban J connectivity index is 1.78. The number of sulfonamides is 1. The first-order valence-corrected chi connectivity index (χ1v) is 11.1. The summed E-state index contributed by atoms with van der Waals surface area (Å²) in [6, 6.07) is 15.1. The molecule has 0 saturated heterocycles. The van der Waals surface area contributed by atoms with Crippen LogP contribution in [0, 0.1) is 0 Å². The fourth-order valence-corrected chi connectivity index (χ4v) is 3.60. The quantitative estimate of drug-likeness (QED) is 0.352. The Bertz CT molecular complexity index is 1100. The third-order valence-corrected chi connectivity index (χ3v) is 5.58. The zero-order chi connectivity index (χ0) is 21.6. The lowest BCUT2D eigenvalue weighted by atomic mass is 10.3. The highest BCUT2D eigenvalue weighted by molar-refractivity contribution is 7.92. The maximum atomic E-state index is 12.8. The summed E-state index contributed by atoms with van der Waals surface area (Å²) in [5.74, 6) is -0.0831. The molecule has 0 amide bonds. The summed E-state index contributed by atoms with van der Waals surface area (Å²) in [5, 5.41) is 15.2. The Morgan fingerprint density at radius 2 is 1.67 bits per heavy atom. The average Bonchev–Trinajstić information content (AvgIpc) is 2.72. The molecule has 3 rings (SSSR count). The van der Waals surface area contributed by atoms with Gasteiger partial charge in [-0.25, -0.2) is 13.1 Å². The largest absolute Gasteiger partial charge is 0.390 e. The smallest absolute Gasteiger partial charge is 0.264 e. The minimum Gasteiger partial charge on any atom is -0.390 e. The second-order valence-electron chi connectivity index (χ2n) is 6.07. The molecule has 1 unspecified atom stereocenters. The van der Waals surface area contributed by atoms with Crippen LogP contribution in [0.4, 0.5) is 23.3 Å². The predicted octanol–water partition coefficient (Wildman–Crippen LogP) is 3.08. The number of nitrogens with zero attached hydrogens (tertiary/aromatic N) is 3. The van der Waals surface area contributed by atoms with Gasteiger partial charge in [0, 0.05) is 17.9 Å². The molecule has 2 aromatic carbocycles. The van der Waals surface area contributed by atoms with Gasteiger partial charge in [-0.05, 0) is 41.9 Å². The molecule has 0 aliphatic rings. The van der Waals surface area contributed by atoms with Gasteiger partial charge in [0.15, 0.2) is 0 Å². The molecular weight excluding hydrogens is 451 g/mol. The summed E-state index contributed by atoms with van der Waals surface area (Å²) >= 11 is 11.5. The van der Waals surface area contributed by atoms with E-state index in [1.165, 1.54) is 12.1 Å². The molecule has 1 aromatic heterocycles. The Morgan fingerprint density at radius 1 is 0.967 bits per heavy atom. The molecule has 0 aliphatic heterocycles. The molecule has 0 bridgehead atoms. The van der Waals surface area contributed by atoms with Crippen molar-refractivity contribution in [1.29, 1.82) is 0 Å². The van der Waals surface area contributed by atoms with E-state index in [0.29, 0.717) is 11.4 Å². The predicted molar refractivity (Wildman–Crippen MR) is 117 cm³/mol. The SMILES string of the molecule is O=S(=O)(Nc1nc(Cl)nc(Nc2ccccc2)n1)c1cccc(NCC(O)CCl)c1. The van der Waals surface area contributed by atoms with Gasteiger partial charge in [-0.15, -0.1) is 11.6 Å². The second kappa shape index (κ2) is 9.90. The monoisotopic (exact) mass is 468 g/mol. The highest BCUT2D eigenvalue weighted by Crippen LogP contribution is 2.20. The first-order chi connectivity index (χ1) is 14.4. The minimum absolute atomic E-state index is 0.0260. The van der Waals surface area contributed by atoms with E-state index in [4.69, 9.17) is 23.2 Å². The number of halogens is 2. The van der Waals surface area contributed by atoms with E-state index in [1.54, 1.807) is 24.3 Å². The lowest BCUT2D eigenvalue weighted by molar-refractivity contribution is 0.211. The molecule has 1 heterocycles. The van der Waals surface area contributed by atoms with Crippen LogP contribution in [0.25, 0.3) is 0 Å². The molecule has 0 aliphatic carbocycles. The van der Waals surface area contributed by atoms with Crippen molar-refractivity contribution in [3.8, 4) is 0 Å². The van der Waals surface area contributed by atoms with Crippen molar-refractivity contribution in [2.75, 3.05) is 27.8 Å². The Kier molecular flexibility index (Phi) is 7.27. The number of aliphatic hydroxyl groups excluding tert-OH is 1. The summed E-state index contributed by atoms with van der Waals surface area (Å²) in [6.45, 7) is 0.179. The van der Waals surface area contributed by atoms with Gasteiger partial charge in [-0.3, -0.25) is 0 Å². The third kappa shape index (κ3) is 6.17. The summed E-state index contributed by atoms with van der Waals surface area (Å²) < 4.78 is 27.8. The standard InChI is InChI=1S/C18H18Cl2N6O3S/c19-10-14(27)11-21-13-7-4-8-15(9-13)30(28,29)26-18-24-16(20)23-17(25-18)22-12-5-2-1-3-6-12/h1-9,14,21,27H,10-11H2,(H2,22,23,24,25,26). The van der Waals surface area contributed by atoms with Crippen LogP contribution < -0.4 is 15.4 Å². The van der Waals surface area contributed by atoms with E-state index in [2.05, 4.69) is 30.3 Å². The van der Waals surface area contributed by atoms with Crippen LogP contribution in [0.1, 0.15) is 0 Å². The Hall–Kier alpha value is -2.66. The van der Waals surface area contributed by atoms with Crippen LogP contribution in [-0.2, 0) is 10.0 Å². The Morgan fingerprint density at radius 3 is 2.40 bits per heavy atom. The fraction of sp³-hybridized carbons (Fsp3) is 0.167. The minimum atomic E-state index is -4.00. The topological polar surface area (TPSA) is 129 Å².